The molecule has 1 aromatic heterocycles. The normalized spacial score (nSPS) is 19.4. The van der Waals surface area contributed by atoms with E-state index in [1.165, 1.54) is 0 Å². The Morgan fingerprint density at radius 2 is 2.12 bits per heavy atom. The van der Waals surface area contributed by atoms with Crippen molar-refractivity contribution in [3.8, 4) is 16.3 Å². The summed E-state index contributed by atoms with van der Waals surface area (Å²) in [6.07, 6.45) is 1.20. The number of amides is 1. The second-order valence-electron chi connectivity index (χ2n) is 7.48. The lowest BCUT2D eigenvalue weighted by Crippen LogP contribution is -2.54. The summed E-state index contributed by atoms with van der Waals surface area (Å²) in [5.41, 5.74) is 8.00. The van der Waals surface area contributed by atoms with Gasteiger partial charge in [-0.2, -0.15) is 0 Å². The minimum atomic E-state index is -0.0382. The summed E-state index contributed by atoms with van der Waals surface area (Å²) in [4.78, 5) is 19.2. The van der Waals surface area contributed by atoms with Crippen molar-refractivity contribution < 1.29 is 9.53 Å². The highest BCUT2D eigenvalue weighted by Crippen LogP contribution is 2.29. The molecule has 1 saturated heterocycles. The van der Waals surface area contributed by atoms with E-state index in [9.17, 15) is 4.79 Å². The maximum atomic E-state index is 12.7. The molecule has 1 fully saturated rings. The van der Waals surface area contributed by atoms with Crippen molar-refractivity contribution in [2.24, 2.45) is 11.1 Å². The second kappa shape index (κ2) is 7.76. The maximum Gasteiger partial charge on any atom is 0.228 e. The first-order chi connectivity index (χ1) is 12.4. The number of rotatable bonds is 5. The average molecular weight is 374 g/mol. The molecule has 0 radical (unpaired) electrons. The van der Waals surface area contributed by atoms with Gasteiger partial charge < -0.3 is 15.4 Å². The van der Waals surface area contributed by atoms with Gasteiger partial charge in [-0.05, 0) is 43.0 Å². The van der Waals surface area contributed by atoms with Gasteiger partial charge in [-0.15, -0.1) is 11.3 Å². The van der Waals surface area contributed by atoms with Crippen LogP contribution in [0.3, 0.4) is 0 Å². The first-order valence-corrected chi connectivity index (χ1v) is 9.98. The molecule has 0 spiro atoms. The van der Waals surface area contributed by atoms with Gasteiger partial charge in [0, 0.05) is 30.1 Å². The van der Waals surface area contributed by atoms with E-state index in [2.05, 4.69) is 18.8 Å². The van der Waals surface area contributed by atoms with Crippen molar-refractivity contribution in [1.29, 1.82) is 0 Å². The van der Waals surface area contributed by atoms with Crippen LogP contribution in [0.5, 0.6) is 5.75 Å². The molecular formula is C20H27N3O2S. The molecule has 0 bridgehead atoms. The summed E-state index contributed by atoms with van der Waals surface area (Å²) >= 11 is 1.57. The van der Waals surface area contributed by atoms with E-state index in [0.29, 0.717) is 19.6 Å². The Kier molecular flexibility index (Phi) is 5.63. The molecule has 1 aliphatic heterocycles. The third-order valence-electron chi connectivity index (χ3n) is 4.96. The number of aromatic nitrogens is 1. The maximum absolute atomic E-state index is 12.7. The summed E-state index contributed by atoms with van der Waals surface area (Å²) in [7, 11) is 0. The Labute approximate surface area is 159 Å². The Morgan fingerprint density at radius 3 is 2.77 bits per heavy atom. The molecule has 2 heterocycles. The summed E-state index contributed by atoms with van der Waals surface area (Å²) in [6.45, 7) is 8.33. The van der Waals surface area contributed by atoms with Crippen molar-refractivity contribution in [2.75, 3.05) is 19.7 Å². The summed E-state index contributed by atoms with van der Waals surface area (Å²) in [6, 6.07) is 8.06. The van der Waals surface area contributed by atoms with Crippen LogP contribution in [-0.4, -0.2) is 41.5 Å². The largest absolute Gasteiger partial charge is 0.494 e. The summed E-state index contributed by atoms with van der Waals surface area (Å²) in [5.74, 6) is 0.989. The van der Waals surface area contributed by atoms with Gasteiger partial charge in [-0.3, -0.25) is 4.79 Å². The number of carbonyl (C=O) groups excluding carboxylic acids is 1. The first kappa shape index (κ1) is 18.9. The highest BCUT2D eigenvalue weighted by molar-refractivity contribution is 7.13. The number of hydrogen-bond acceptors (Lipinski definition) is 5. The standard InChI is InChI=1S/C20H27N3O2S/c1-4-25-16-7-5-14(6-8-16)19-22-15(12-26-19)11-18(24)23-10-9-17(21)20(2,3)13-23/h5-8,12,17H,4,9-11,13,21H2,1-3H3. The number of likely N-dealkylation sites (tertiary alicyclic amines) is 1. The lowest BCUT2D eigenvalue weighted by atomic mass is 9.79. The molecule has 3 rings (SSSR count). The fraction of sp³-hybridized carbons (Fsp3) is 0.500. The number of piperidine rings is 1. The number of thiazole rings is 1. The molecule has 1 atom stereocenters. The van der Waals surface area contributed by atoms with Crippen molar-refractivity contribution in [3.05, 3.63) is 35.3 Å². The zero-order valence-corrected chi connectivity index (χ0v) is 16.5. The fourth-order valence-corrected chi connectivity index (χ4v) is 4.06. The fourth-order valence-electron chi connectivity index (χ4n) is 3.23. The van der Waals surface area contributed by atoms with Gasteiger partial charge in [0.1, 0.15) is 10.8 Å². The molecule has 0 aliphatic carbocycles. The van der Waals surface area contributed by atoms with Gasteiger partial charge >= 0.3 is 0 Å². The van der Waals surface area contributed by atoms with Crippen LogP contribution in [0.25, 0.3) is 10.6 Å². The van der Waals surface area contributed by atoms with Crippen LogP contribution in [-0.2, 0) is 11.2 Å². The van der Waals surface area contributed by atoms with Gasteiger partial charge in [-0.25, -0.2) is 4.98 Å². The van der Waals surface area contributed by atoms with E-state index in [-0.39, 0.29) is 17.4 Å². The Morgan fingerprint density at radius 1 is 1.38 bits per heavy atom. The van der Waals surface area contributed by atoms with E-state index in [1.54, 1.807) is 11.3 Å². The predicted molar refractivity (Wildman–Crippen MR) is 105 cm³/mol. The average Bonchev–Trinajstić information content (AvgIpc) is 3.06. The molecule has 1 amide bonds. The second-order valence-corrected chi connectivity index (χ2v) is 8.34. The van der Waals surface area contributed by atoms with E-state index >= 15 is 0 Å². The minimum absolute atomic E-state index is 0.0382. The molecule has 140 valence electrons. The number of nitrogens with two attached hydrogens (primary N) is 1. The van der Waals surface area contributed by atoms with E-state index < -0.39 is 0 Å². The first-order valence-electron chi connectivity index (χ1n) is 9.10. The molecule has 1 unspecified atom stereocenters. The van der Waals surface area contributed by atoms with Crippen molar-refractivity contribution >= 4 is 17.2 Å². The van der Waals surface area contributed by atoms with Gasteiger partial charge in [0.15, 0.2) is 0 Å². The van der Waals surface area contributed by atoms with Crippen LogP contribution in [0.1, 0.15) is 32.9 Å². The van der Waals surface area contributed by atoms with Crippen LogP contribution >= 0.6 is 11.3 Å². The Bertz CT molecular complexity index is 755. The summed E-state index contributed by atoms with van der Waals surface area (Å²) < 4.78 is 5.47. The molecular weight excluding hydrogens is 346 g/mol. The molecule has 6 heteroatoms. The molecule has 26 heavy (non-hydrogen) atoms. The molecule has 2 aromatic rings. The third kappa shape index (κ3) is 4.24. The summed E-state index contributed by atoms with van der Waals surface area (Å²) in [5, 5.41) is 2.90. The molecule has 5 nitrogen and oxygen atoms in total. The highest BCUT2D eigenvalue weighted by Gasteiger charge is 2.35. The van der Waals surface area contributed by atoms with E-state index in [1.807, 2.05) is 41.5 Å². The SMILES string of the molecule is CCOc1ccc(-c2nc(CC(=O)N3CCC(N)C(C)(C)C3)cs2)cc1. The zero-order chi connectivity index (χ0) is 18.7. The zero-order valence-electron chi connectivity index (χ0n) is 15.7. The van der Waals surface area contributed by atoms with Crippen molar-refractivity contribution in [1.82, 2.24) is 9.88 Å². The Hall–Kier alpha value is -1.92. The van der Waals surface area contributed by atoms with Gasteiger partial charge in [0.2, 0.25) is 5.91 Å². The van der Waals surface area contributed by atoms with E-state index in [0.717, 1.165) is 35.0 Å². The molecule has 1 aliphatic rings. The smallest absolute Gasteiger partial charge is 0.228 e. The number of nitrogens with zero attached hydrogens (tertiary/aromatic N) is 2. The van der Waals surface area contributed by atoms with Crippen LogP contribution < -0.4 is 10.5 Å². The lowest BCUT2D eigenvalue weighted by Gasteiger charge is -2.42. The predicted octanol–water partition coefficient (Wildman–Crippen LogP) is 3.34. The minimum Gasteiger partial charge on any atom is -0.494 e. The number of ether oxygens (including phenoxy) is 1. The monoisotopic (exact) mass is 373 g/mol. The van der Waals surface area contributed by atoms with E-state index in [4.69, 9.17) is 10.5 Å². The van der Waals surface area contributed by atoms with Crippen molar-refractivity contribution in [2.45, 2.75) is 39.7 Å². The van der Waals surface area contributed by atoms with Crippen LogP contribution in [0.15, 0.2) is 29.6 Å². The quantitative estimate of drug-likeness (QED) is 0.873. The Balaban J connectivity index is 1.64. The molecule has 0 saturated carbocycles. The molecule has 2 N–H and O–H groups in total. The molecule has 1 aromatic carbocycles. The topological polar surface area (TPSA) is 68.5 Å². The van der Waals surface area contributed by atoms with Crippen LogP contribution in [0.2, 0.25) is 0 Å². The van der Waals surface area contributed by atoms with Crippen LogP contribution in [0, 0.1) is 5.41 Å². The van der Waals surface area contributed by atoms with Gasteiger partial charge in [0.25, 0.3) is 0 Å². The number of benzene rings is 1. The van der Waals surface area contributed by atoms with Gasteiger partial charge in [-0.1, -0.05) is 13.8 Å². The number of hydrogen-bond donors (Lipinski definition) is 1. The van der Waals surface area contributed by atoms with Gasteiger partial charge in [0.05, 0.1) is 18.7 Å². The third-order valence-corrected chi connectivity index (χ3v) is 5.90. The number of carbonyl (C=O) groups is 1. The van der Waals surface area contributed by atoms with Crippen LogP contribution in [0.4, 0.5) is 0 Å². The van der Waals surface area contributed by atoms with Crippen molar-refractivity contribution in [3.63, 3.8) is 0 Å². The highest BCUT2D eigenvalue weighted by atomic mass is 32.1. The lowest BCUT2D eigenvalue weighted by molar-refractivity contribution is -0.133.